The number of sulfonamides is 1. The highest BCUT2D eigenvalue weighted by atomic mass is 32.2. The predicted molar refractivity (Wildman–Crippen MR) is 80.1 cm³/mol. The van der Waals surface area contributed by atoms with Gasteiger partial charge in [-0.25, -0.2) is 21.6 Å². The van der Waals surface area contributed by atoms with Gasteiger partial charge in [0.25, 0.3) is 0 Å². The molecule has 8 heteroatoms. The molecule has 2 atom stereocenters. The molecule has 1 fully saturated rings. The lowest BCUT2D eigenvalue weighted by molar-refractivity contribution is 0.361. The molecule has 0 spiro atoms. The first-order valence-electron chi connectivity index (χ1n) is 6.78. The summed E-state index contributed by atoms with van der Waals surface area (Å²) >= 11 is 0. The Bertz CT molecular complexity index is 696. The normalized spacial score (nSPS) is 23.9. The summed E-state index contributed by atoms with van der Waals surface area (Å²) in [4.78, 5) is 0.142. The Labute approximate surface area is 125 Å². The molecule has 3 N–H and O–H groups in total. The van der Waals surface area contributed by atoms with Crippen LogP contribution in [0.1, 0.15) is 25.7 Å². The number of sulfone groups is 1. The highest BCUT2D eigenvalue weighted by Crippen LogP contribution is 2.20. The van der Waals surface area contributed by atoms with Crippen molar-refractivity contribution in [1.29, 1.82) is 0 Å². The van der Waals surface area contributed by atoms with E-state index in [1.807, 2.05) is 0 Å². The second-order valence-electron chi connectivity index (χ2n) is 5.42. The average Bonchev–Trinajstić information content (AvgIpc) is 2.40. The molecule has 1 aliphatic carbocycles. The van der Waals surface area contributed by atoms with Crippen LogP contribution in [0.15, 0.2) is 34.1 Å². The van der Waals surface area contributed by atoms with Gasteiger partial charge in [0.05, 0.1) is 9.79 Å². The molecule has 1 aromatic carbocycles. The van der Waals surface area contributed by atoms with Crippen molar-refractivity contribution in [3.8, 4) is 0 Å². The van der Waals surface area contributed by atoms with Gasteiger partial charge in [0.2, 0.25) is 10.0 Å². The van der Waals surface area contributed by atoms with Crippen LogP contribution in [-0.2, 0) is 19.9 Å². The molecule has 0 radical (unpaired) electrons. The van der Waals surface area contributed by atoms with Crippen molar-refractivity contribution in [3.63, 3.8) is 0 Å². The Morgan fingerprint density at radius 1 is 1.00 bits per heavy atom. The fourth-order valence-corrected chi connectivity index (χ4v) is 4.39. The maximum atomic E-state index is 12.3. The van der Waals surface area contributed by atoms with Gasteiger partial charge in [-0.2, -0.15) is 0 Å². The number of nitrogens with one attached hydrogen (secondary N) is 1. The molecule has 0 aliphatic heterocycles. The average molecular weight is 332 g/mol. The van der Waals surface area contributed by atoms with Crippen LogP contribution in [0.4, 0.5) is 0 Å². The molecule has 1 saturated carbocycles. The monoisotopic (exact) mass is 332 g/mol. The maximum Gasteiger partial charge on any atom is 0.240 e. The van der Waals surface area contributed by atoms with Crippen LogP contribution in [0.5, 0.6) is 0 Å². The predicted octanol–water partition coefficient (Wildman–Crippen LogP) is 0.638. The summed E-state index contributed by atoms with van der Waals surface area (Å²) in [6, 6.07) is 4.75. The van der Waals surface area contributed by atoms with Gasteiger partial charge in [-0.1, -0.05) is 12.8 Å². The van der Waals surface area contributed by atoms with Crippen LogP contribution in [0.2, 0.25) is 0 Å². The number of nitrogens with two attached hydrogens (primary N) is 1. The van der Waals surface area contributed by atoms with E-state index in [9.17, 15) is 16.8 Å². The third kappa shape index (κ3) is 4.03. The molecular formula is C13H20N2O4S2. The number of benzene rings is 1. The second-order valence-corrected chi connectivity index (χ2v) is 9.15. The zero-order valence-corrected chi connectivity index (χ0v) is 13.5. The van der Waals surface area contributed by atoms with E-state index in [-0.39, 0.29) is 21.9 Å². The minimum Gasteiger partial charge on any atom is -0.326 e. The zero-order valence-electron chi connectivity index (χ0n) is 11.8. The fourth-order valence-electron chi connectivity index (χ4n) is 2.44. The van der Waals surface area contributed by atoms with Crippen molar-refractivity contribution in [1.82, 2.24) is 4.72 Å². The van der Waals surface area contributed by atoms with Crippen molar-refractivity contribution >= 4 is 19.9 Å². The number of rotatable bonds is 4. The van der Waals surface area contributed by atoms with Gasteiger partial charge in [-0.15, -0.1) is 0 Å². The summed E-state index contributed by atoms with van der Waals surface area (Å²) in [7, 11) is -7.02. The second kappa shape index (κ2) is 6.04. The first kappa shape index (κ1) is 16.4. The molecule has 0 unspecified atom stereocenters. The number of hydrogen-bond donors (Lipinski definition) is 2. The van der Waals surface area contributed by atoms with Crippen molar-refractivity contribution in [2.45, 2.75) is 47.6 Å². The lowest BCUT2D eigenvalue weighted by Crippen LogP contribution is -2.49. The van der Waals surface area contributed by atoms with Crippen LogP contribution in [0.3, 0.4) is 0 Å². The molecule has 0 amide bonds. The minimum atomic E-state index is -3.68. The SMILES string of the molecule is CS(=O)(=O)c1ccc(S(=O)(=O)N[C@@H]2CCCC[C@H]2N)cc1. The molecule has 0 saturated heterocycles. The molecule has 1 aliphatic rings. The minimum absolute atomic E-state index is 0.0488. The first-order valence-corrected chi connectivity index (χ1v) is 10.2. The van der Waals surface area contributed by atoms with Crippen LogP contribution < -0.4 is 10.5 Å². The summed E-state index contributed by atoms with van der Waals surface area (Å²) < 4.78 is 49.9. The van der Waals surface area contributed by atoms with E-state index in [0.717, 1.165) is 31.9 Å². The molecule has 2 rings (SSSR count). The molecular weight excluding hydrogens is 312 g/mol. The summed E-state index contributed by atoms with van der Waals surface area (Å²) in [6.07, 6.45) is 4.58. The van der Waals surface area contributed by atoms with Gasteiger partial charge in [-0.3, -0.25) is 0 Å². The van der Waals surface area contributed by atoms with Gasteiger partial charge in [0, 0.05) is 18.3 Å². The van der Waals surface area contributed by atoms with Crippen LogP contribution in [-0.4, -0.2) is 35.2 Å². The Hall–Kier alpha value is -0.960. The molecule has 0 bridgehead atoms. The largest absolute Gasteiger partial charge is 0.326 e. The van der Waals surface area contributed by atoms with Crippen molar-refractivity contribution < 1.29 is 16.8 Å². The molecule has 1 aromatic rings. The van der Waals surface area contributed by atoms with Gasteiger partial charge in [0.1, 0.15) is 0 Å². The van der Waals surface area contributed by atoms with E-state index < -0.39 is 19.9 Å². The van der Waals surface area contributed by atoms with E-state index in [1.165, 1.54) is 24.3 Å². The molecule has 21 heavy (non-hydrogen) atoms. The van der Waals surface area contributed by atoms with E-state index in [1.54, 1.807) is 0 Å². The standard InChI is InChI=1S/C13H20N2O4S2/c1-20(16,17)10-6-8-11(9-7-10)21(18,19)15-13-5-3-2-4-12(13)14/h6-9,12-13,15H,2-5,14H2,1H3/t12-,13-/m1/s1. The third-order valence-corrected chi connectivity index (χ3v) is 6.32. The first-order chi connectivity index (χ1) is 9.70. The maximum absolute atomic E-state index is 12.3. The molecule has 0 aromatic heterocycles. The van der Waals surface area contributed by atoms with E-state index in [4.69, 9.17) is 5.73 Å². The fraction of sp³-hybridized carbons (Fsp3) is 0.538. The lowest BCUT2D eigenvalue weighted by Gasteiger charge is -2.29. The van der Waals surface area contributed by atoms with Crippen molar-refractivity contribution in [2.75, 3.05) is 6.26 Å². The highest BCUT2D eigenvalue weighted by molar-refractivity contribution is 7.90. The van der Waals surface area contributed by atoms with Gasteiger partial charge in [-0.05, 0) is 37.1 Å². The Morgan fingerprint density at radius 2 is 1.52 bits per heavy atom. The Morgan fingerprint density at radius 3 is 2.05 bits per heavy atom. The Balaban J connectivity index is 2.19. The van der Waals surface area contributed by atoms with E-state index in [2.05, 4.69) is 4.72 Å². The topological polar surface area (TPSA) is 106 Å². The van der Waals surface area contributed by atoms with Crippen molar-refractivity contribution in [3.05, 3.63) is 24.3 Å². The summed E-state index contributed by atoms with van der Waals surface area (Å²) in [5.74, 6) is 0. The highest BCUT2D eigenvalue weighted by Gasteiger charge is 2.27. The quantitative estimate of drug-likeness (QED) is 0.841. The third-order valence-electron chi connectivity index (χ3n) is 3.69. The smallest absolute Gasteiger partial charge is 0.240 e. The zero-order chi connectivity index (χ0) is 15.7. The Kier molecular flexibility index (Phi) is 4.72. The molecule has 6 nitrogen and oxygen atoms in total. The molecule has 0 heterocycles. The summed E-state index contributed by atoms with van der Waals surface area (Å²) in [5, 5.41) is 0. The summed E-state index contributed by atoms with van der Waals surface area (Å²) in [6.45, 7) is 0. The lowest BCUT2D eigenvalue weighted by atomic mass is 9.92. The van der Waals surface area contributed by atoms with Gasteiger partial charge < -0.3 is 5.73 Å². The van der Waals surface area contributed by atoms with Gasteiger partial charge >= 0.3 is 0 Å². The van der Waals surface area contributed by atoms with E-state index in [0.29, 0.717) is 0 Å². The van der Waals surface area contributed by atoms with Crippen LogP contribution in [0.25, 0.3) is 0 Å². The molecule has 118 valence electrons. The van der Waals surface area contributed by atoms with Crippen molar-refractivity contribution in [2.24, 2.45) is 5.73 Å². The number of hydrogen-bond acceptors (Lipinski definition) is 5. The van der Waals surface area contributed by atoms with Crippen LogP contribution >= 0.6 is 0 Å². The van der Waals surface area contributed by atoms with Gasteiger partial charge in [0.15, 0.2) is 9.84 Å². The van der Waals surface area contributed by atoms with Crippen LogP contribution in [0, 0.1) is 0 Å². The van der Waals surface area contributed by atoms with E-state index >= 15 is 0 Å². The summed E-state index contributed by atoms with van der Waals surface area (Å²) in [5.41, 5.74) is 5.94.